The van der Waals surface area contributed by atoms with Crippen LogP contribution < -0.4 is 11.0 Å². The van der Waals surface area contributed by atoms with Crippen molar-refractivity contribution in [1.82, 2.24) is 19.8 Å². The highest BCUT2D eigenvalue weighted by Gasteiger charge is 2.40. The lowest BCUT2D eigenvalue weighted by Crippen LogP contribution is -2.42. The van der Waals surface area contributed by atoms with Crippen LogP contribution in [0.4, 0.5) is 0 Å². The summed E-state index contributed by atoms with van der Waals surface area (Å²) in [5.41, 5.74) is 2.07. The van der Waals surface area contributed by atoms with Crippen molar-refractivity contribution in [3.8, 4) is 0 Å². The number of fused-ring (bicyclic) bond motifs is 2. The number of aromatic nitrogens is 2. The Bertz CT molecular complexity index is 774. The first-order valence-corrected chi connectivity index (χ1v) is 9.43. The molecule has 0 spiro atoms. The topological polar surface area (TPSA) is 53.1 Å². The SMILES string of the molecule is O=c1[nH]c2ccccc2n1C1CCN([C@H]2C[C@H]3CNC[C@H]3C2)CC1. The average Bonchev–Trinajstić information content (AvgIpc) is 3.26. The molecule has 2 aromatic rings. The van der Waals surface area contributed by atoms with Gasteiger partial charge in [0.2, 0.25) is 0 Å². The van der Waals surface area contributed by atoms with Crippen molar-refractivity contribution in [1.29, 1.82) is 0 Å². The van der Waals surface area contributed by atoms with E-state index in [1.165, 1.54) is 25.9 Å². The number of rotatable bonds is 2. The fraction of sp³-hybridized carbons (Fsp3) is 0.632. The predicted octanol–water partition coefficient (Wildman–Crippen LogP) is 1.96. The number of imidazole rings is 1. The Morgan fingerprint density at radius 1 is 0.958 bits per heavy atom. The lowest BCUT2D eigenvalue weighted by Gasteiger charge is -2.36. The minimum Gasteiger partial charge on any atom is -0.316 e. The molecule has 1 aromatic carbocycles. The third-order valence-corrected chi connectivity index (χ3v) is 6.63. The van der Waals surface area contributed by atoms with E-state index in [1.807, 2.05) is 22.8 Å². The Hall–Kier alpha value is -1.59. The van der Waals surface area contributed by atoms with Crippen LogP contribution in [0.15, 0.2) is 29.1 Å². The molecular formula is C19H26N4O. The summed E-state index contributed by atoms with van der Waals surface area (Å²) in [7, 11) is 0. The molecule has 0 amide bonds. The van der Waals surface area contributed by atoms with E-state index in [9.17, 15) is 4.79 Å². The van der Waals surface area contributed by atoms with Gasteiger partial charge >= 0.3 is 5.69 Å². The molecular weight excluding hydrogens is 300 g/mol. The van der Waals surface area contributed by atoms with Gasteiger partial charge in [-0.05, 0) is 62.7 Å². The molecule has 2 N–H and O–H groups in total. The minimum absolute atomic E-state index is 0.0520. The molecule has 5 heteroatoms. The highest BCUT2D eigenvalue weighted by atomic mass is 16.1. The van der Waals surface area contributed by atoms with Gasteiger partial charge in [-0.2, -0.15) is 0 Å². The van der Waals surface area contributed by atoms with Crippen LogP contribution >= 0.6 is 0 Å². The van der Waals surface area contributed by atoms with Gasteiger partial charge in [-0.3, -0.25) is 4.57 Å². The summed E-state index contributed by atoms with van der Waals surface area (Å²) in [4.78, 5) is 18.1. The van der Waals surface area contributed by atoms with Gasteiger partial charge in [-0.15, -0.1) is 0 Å². The molecule has 0 radical (unpaired) electrons. The Kier molecular flexibility index (Phi) is 3.52. The molecule has 5 rings (SSSR count). The van der Waals surface area contributed by atoms with Crippen molar-refractivity contribution in [3.63, 3.8) is 0 Å². The third-order valence-electron chi connectivity index (χ3n) is 6.63. The van der Waals surface area contributed by atoms with Gasteiger partial charge < -0.3 is 15.2 Å². The molecule has 1 saturated carbocycles. The second-order valence-corrected chi connectivity index (χ2v) is 7.89. The van der Waals surface area contributed by atoms with Crippen LogP contribution in [0.2, 0.25) is 0 Å². The Morgan fingerprint density at radius 2 is 1.67 bits per heavy atom. The summed E-state index contributed by atoms with van der Waals surface area (Å²) in [5.74, 6) is 1.81. The maximum Gasteiger partial charge on any atom is 0.326 e. The van der Waals surface area contributed by atoms with Crippen LogP contribution in [0.3, 0.4) is 0 Å². The van der Waals surface area contributed by atoms with Gasteiger partial charge in [-0.25, -0.2) is 4.79 Å². The Labute approximate surface area is 142 Å². The number of aromatic amines is 1. The van der Waals surface area contributed by atoms with Crippen molar-refractivity contribution >= 4 is 11.0 Å². The van der Waals surface area contributed by atoms with E-state index in [2.05, 4.69) is 21.3 Å². The zero-order valence-corrected chi connectivity index (χ0v) is 14.1. The number of H-pyrrole nitrogens is 1. The largest absolute Gasteiger partial charge is 0.326 e. The molecule has 0 unspecified atom stereocenters. The highest BCUT2D eigenvalue weighted by molar-refractivity contribution is 5.75. The number of likely N-dealkylation sites (tertiary alicyclic amines) is 1. The van der Waals surface area contributed by atoms with Gasteiger partial charge in [0.15, 0.2) is 0 Å². The molecule has 2 aliphatic heterocycles. The number of nitrogens with zero attached hydrogens (tertiary/aromatic N) is 2. The van der Waals surface area contributed by atoms with Crippen molar-refractivity contribution < 1.29 is 0 Å². The number of benzene rings is 1. The Morgan fingerprint density at radius 3 is 2.42 bits per heavy atom. The molecule has 0 bridgehead atoms. The van der Waals surface area contributed by atoms with E-state index in [1.54, 1.807) is 0 Å². The molecule has 1 aromatic heterocycles. The second kappa shape index (κ2) is 5.74. The molecule has 3 atom stereocenters. The van der Waals surface area contributed by atoms with Crippen molar-refractivity contribution in [2.45, 2.75) is 37.8 Å². The van der Waals surface area contributed by atoms with Crippen LogP contribution in [0.1, 0.15) is 31.7 Å². The summed E-state index contributed by atoms with van der Waals surface area (Å²) in [6, 6.07) is 9.18. The van der Waals surface area contributed by atoms with E-state index in [-0.39, 0.29) is 5.69 Å². The zero-order valence-electron chi connectivity index (χ0n) is 14.1. The standard InChI is InChI=1S/C19H26N4O/c24-19-21-17-3-1-2-4-18(17)23(19)15-5-7-22(8-6-15)16-9-13-11-20-12-14(13)10-16/h1-4,13-16,20H,5-12H2,(H,21,24)/t13-,14+,16-. The second-order valence-electron chi connectivity index (χ2n) is 7.89. The minimum atomic E-state index is 0.0520. The van der Waals surface area contributed by atoms with Crippen LogP contribution in [0.5, 0.6) is 0 Å². The quantitative estimate of drug-likeness (QED) is 0.887. The predicted molar refractivity (Wildman–Crippen MR) is 95.3 cm³/mol. The normalized spacial score (nSPS) is 31.8. The maximum atomic E-state index is 12.4. The number of hydrogen-bond donors (Lipinski definition) is 2. The number of nitrogens with one attached hydrogen (secondary N) is 2. The van der Waals surface area contributed by atoms with Crippen LogP contribution in [0, 0.1) is 11.8 Å². The van der Waals surface area contributed by atoms with Gasteiger partial charge in [0.05, 0.1) is 11.0 Å². The average molecular weight is 326 g/mol. The van der Waals surface area contributed by atoms with E-state index in [4.69, 9.17) is 0 Å². The lowest BCUT2D eigenvalue weighted by atomic mass is 10.0. The fourth-order valence-electron chi connectivity index (χ4n) is 5.38. The van der Waals surface area contributed by atoms with E-state index in [0.717, 1.165) is 54.8 Å². The number of piperidine rings is 1. The van der Waals surface area contributed by atoms with E-state index < -0.39 is 0 Å². The van der Waals surface area contributed by atoms with Crippen molar-refractivity contribution in [3.05, 3.63) is 34.7 Å². The third kappa shape index (κ3) is 2.33. The van der Waals surface area contributed by atoms with Gasteiger partial charge in [0.25, 0.3) is 0 Å². The van der Waals surface area contributed by atoms with Gasteiger partial charge in [0, 0.05) is 25.2 Å². The van der Waals surface area contributed by atoms with E-state index in [0.29, 0.717) is 6.04 Å². The van der Waals surface area contributed by atoms with Crippen LogP contribution in [-0.4, -0.2) is 46.7 Å². The summed E-state index contributed by atoms with van der Waals surface area (Å²) in [6.45, 7) is 4.72. The van der Waals surface area contributed by atoms with Crippen LogP contribution in [-0.2, 0) is 0 Å². The smallest absolute Gasteiger partial charge is 0.316 e. The molecule has 2 saturated heterocycles. The maximum absolute atomic E-state index is 12.4. The first-order valence-electron chi connectivity index (χ1n) is 9.43. The Balaban J connectivity index is 1.30. The van der Waals surface area contributed by atoms with Crippen LogP contribution in [0.25, 0.3) is 11.0 Å². The molecule has 1 aliphatic carbocycles. The van der Waals surface area contributed by atoms with Crippen molar-refractivity contribution in [2.75, 3.05) is 26.2 Å². The summed E-state index contributed by atoms with van der Waals surface area (Å²) in [6.07, 6.45) is 4.92. The first-order chi connectivity index (χ1) is 11.8. The van der Waals surface area contributed by atoms with E-state index >= 15 is 0 Å². The molecule has 128 valence electrons. The van der Waals surface area contributed by atoms with Gasteiger partial charge in [0.1, 0.15) is 0 Å². The monoisotopic (exact) mass is 326 g/mol. The first kappa shape index (κ1) is 14.7. The molecule has 3 heterocycles. The molecule has 24 heavy (non-hydrogen) atoms. The number of para-hydroxylation sites is 2. The molecule has 3 aliphatic rings. The summed E-state index contributed by atoms with van der Waals surface area (Å²) in [5, 5.41) is 3.54. The zero-order chi connectivity index (χ0) is 16.1. The highest BCUT2D eigenvalue weighted by Crippen LogP contribution is 2.38. The summed E-state index contributed by atoms with van der Waals surface area (Å²) >= 11 is 0. The van der Waals surface area contributed by atoms with Crippen molar-refractivity contribution in [2.24, 2.45) is 11.8 Å². The number of hydrogen-bond acceptors (Lipinski definition) is 3. The fourth-order valence-corrected chi connectivity index (χ4v) is 5.38. The summed E-state index contributed by atoms with van der Waals surface area (Å²) < 4.78 is 2.00. The lowest BCUT2D eigenvalue weighted by molar-refractivity contribution is 0.132. The van der Waals surface area contributed by atoms with Gasteiger partial charge in [-0.1, -0.05) is 12.1 Å². The molecule has 5 nitrogen and oxygen atoms in total. The molecule has 3 fully saturated rings.